The SMILES string of the molecule is COC(=O)c1ccc(CNC(C)C(=O)N(C)C)cc1. The number of ether oxygens (including phenoxy) is 1. The number of nitrogens with zero attached hydrogens (tertiary/aromatic N) is 1. The first kappa shape index (κ1) is 15.2. The molecule has 1 N–H and O–H groups in total. The van der Waals surface area contributed by atoms with E-state index in [2.05, 4.69) is 10.1 Å². The van der Waals surface area contributed by atoms with Gasteiger partial charge in [0.15, 0.2) is 0 Å². The third-order valence-corrected chi connectivity index (χ3v) is 2.80. The van der Waals surface area contributed by atoms with E-state index in [1.54, 1.807) is 31.1 Å². The number of rotatable bonds is 5. The maximum absolute atomic E-state index is 11.6. The highest BCUT2D eigenvalue weighted by Gasteiger charge is 2.13. The number of methoxy groups -OCH3 is 1. The van der Waals surface area contributed by atoms with Gasteiger partial charge in [0.1, 0.15) is 0 Å². The van der Waals surface area contributed by atoms with Crippen LogP contribution in [0.5, 0.6) is 0 Å². The first-order valence-corrected chi connectivity index (χ1v) is 6.07. The molecule has 0 fully saturated rings. The number of carbonyl (C=O) groups is 2. The highest BCUT2D eigenvalue weighted by Crippen LogP contribution is 2.06. The van der Waals surface area contributed by atoms with Gasteiger partial charge in [0.2, 0.25) is 5.91 Å². The highest BCUT2D eigenvalue weighted by molar-refractivity contribution is 5.89. The number of benzene rings is 1. The van der Waals surface area contributed by atoms with Crippen LogP contribution in [-0.4, -0.2) is 44.0 Å². The maximum atomic E-state index is 11.6. The minimum atomic E-state index is -0.351. The van der Waals surface area contributed by atoms with Gasteiger partial charge in [-0.25, -0.2) is 4.79 Å². The van der Waals surface area contributed by atoms with Crippen LogP contribution >= 0.6 is 0 Å². The molecule has 1 unspecified atom stereocenters. The topological polar surface area (TPSA) is 58.6 Å². The van der Waals surface area contributed by atoms with Crippen LogP contribution < -0.4 is 5.32 Å². The summed E-state index contributed by atoms with van der Waals surface area (Å²) in [6.07, 6.45) is 0. The van der Waals surface area contributed by atoms with E-state index < -0.39 is 0 Å². The van der Waals surface area contributed by atoms with Crippen molar-refractivity contribution in [3.63, 3.8) is 0 Å². The molecule has 1 aromatic rings. The Hall–Kier alpha value is -1.88. The predicted molar refractivity (Wildman–Crippen MR) is 72.8 cm³/mol. The summed E-state index contributed by atoms with van der Waals surface area (Å²) in [4.78, 5) is 24.5. The van der Waals surface area contributed by atoms with E-state index in [1.807, 2.05) is 19.1 Å². The average Bonchev–Trinajstić information content (AvgIpc) is 2.43. The third-order valence-electron chi connectivity index (χ3n) is 2.80. The summed E-state index contributed by atoms with van der Waals surface area (Å²) < 4.78 is 4.63. The van der Waals surface area contributed by atoms with Gasteiger partial charge in [0.05, 0.1) is 18.7 Å². The number of nitrogens with one attached hydrogen (secondary N) is 1. The van der Waals surface area contributed by atoms with E-state index in [9.17, 15) is 9.59 Å². The Morgan fingerprint density at radius 1 is 1.26 bits per heavy atom. The van der Waals surface area contributed by atoms with Crippen molar-refractivity contribution in [2.24, 2.45) is 0 Å². The van der Waals surface area contributed by atoms with Gasteiger partial charge in [-0.3, -0.25) is 4.79 Å². The fourth-order valence-electron chi connectivity index (χ4n) is 1.62. The van der Waals surface area contributed by atoms with Crippen molar-refractivity contribution in [3.05, 3.63) is 35.4 Å². The van der Waals surface area contributed by atoms with Crippen molar-refractivity contribution in [1.29, 1.82) is 0 Å². The second-order valence-electron chi connectivity index (χ2n) is 4.52. The van der Waals surface area contributed by atoms with E-state index in [0.717, 1.165) is 5.56 Å². The quantitative estimate of drug-likeness (QED) is 0.807. The minimum absolute atomic E-state index is 0.0335. The molecule has 104 valence electrons. The molecule has 0 radical (unpaired) electrons. The molecule has 1 rings (SSSR count). The fraction of sp³-hybridized carbons (Fsp3) is 0.429. The molecule has 19 heavy (non-hydrogen) atoms. The molecule has 0 aromatic heterocycles. The molecule has 5 heteroatoms. The molecule has 0 aliphatic rings. The summed E-state index contributed by atoms with van der Waals surface area (Å²) >= 11 is 0. The average molecular weight is 264 g/mol. The number of carbonyl (C=O) groups excluding carboxylic acids is 2. The molecule has 0 saturated heterocycles. The Morgan fingerprint density at radius 3 is 2.32 bits per heavy atom. The van der Waals surface area contributed by atoms with Crippen molar-refractivity contribution in [2.45, 2.75) is 19.5 Å². The smallest absolute Gasteiger partial charge is 0.337 e. The molecule has 1 atom stereocenters. The van der Waals surface area contributed by atoms with Gasteiger partial charge < -0.3 is 15.0 Å². The summed E-state index contributed by atoms with van der Waals surface area (Å²) in [5, 5.41) is 3.14. The molecule has 1 aromatic carbocycles. The highest BCUT2D eigenvalue weighted by atomic mass is 16.5. The lowest BCUT2D eigenvalue weighted by Crippen LogP contribution is -2.41. The summed E-state index contributed by atoms with van der Waals surface area (Å²) in [6, 6.07) is 6.86. The Labute approximate surface area is 113 Å². The summed E-state index contributed by atoms with van der Waals surface area (Å²) in [7, 11) is 4.81. The van der Waals surface area contributed by atoms with Crippen LogP contribution in [0.1, 0.15) is 22.8 Å². The van der Waals surface area contributed by atoms with E-state index in [-0.39, 0.29) is 17.9 Å². The van der Waals surface area contributed by atoms with Gasteiger partial charge >= 0.3 is 5.97 Å². The number of likely N-dealkylation sites (N-methyl/N-ethyl adjacent to an activating group) is 1. The van der Waals surface area contributed by atoms with Crippen LogP contribution in [0.3, 0.4) is 0 Å². The monoisotopic (exact) mass is 264 g/mol. The maximum Gasteiger partial charge on any atom is 0.337 e. The van der Waals surface area contributed by atoms with Crippen LogP contribution in [-0.2, 0) is 16.1 Å². The summed E-state index contributed by atoms with van der Waals surface area (Å²) in [5.41, 5.74) is 1.52. The molecule has 0 aliphatic heterocycles. The zero-order chi connectivity index (χ0) is 14.4. The van der Waals surface area contributed by atoms with Gasteiger partial charge in [0, 0.05) is 20.6 Å². The first-order valence-electron chi connectivity index (χ1n) is 6.07. The molecule has 0 spiro atoms. The zero-order valence-electron chi connectivity index (χ0n) is 11.8. The van der Waals surface area contributed by atoms with Crippen LogP contribution in [0.25, 0.3) is 0 Å². The predicted octanol–water partition coefficient (Wildman–Crippen LogP) is 1.04. The molecular formula is C14H20N2O3. The second-order valence-corrected chi connectivity index (χ2v) is 4.52. The van der Waals surface area contributed by atoms with Gasteiger partial charge in [-0.1, -0.05) is 12.1 Å². The van der Waals surface area contributed by atoms with Gasteiger partial charge in [-0.05, 0) is 24.6 Å². The van der Waals surface area contributed by atoms with Gasteiger partial charge in [-0.15, -0.1) is 0 Å². The standard InChI is InChI=1S/C14H20N2O3/c1-10(13(17)16(2)3)15-9-11-5-7-12(8-6-11)14(18)19-4/h5-8,10,15H,9H2,1-4H3. The van der Waals surface area contributed by atoms with Crippen LogP contribution in [0.2, 0.25) is 0 Å². The molecule has 0 heterocycles. The fourth-order valence-corrected chi connectivity index (χ4v) is 1.62. The van der Waals surface area contributed by atoms with E-state index >= 15 is 0 Å². The zero-order valence-corrected chi connectivity index (χ0v) is 11.8. The number of amides is 1. The molecule has 0 saturated carbocycles. The van der Waals surface area contributed by atoms with E-state index in [0.29, 0.717) is 12.1 Å². The molecule has 5 nitrogen and oxygen atoms in total. The summed E-state index contributed by atoms with van der Waals surface area (Å²) in [6.45, 7) is 2.40. The van der Waals surface area contributed by atoms with Crippen molar-refractivity contribution in [3.8, 4) is 0 Å². The molecule has 1 amide bonds. The number of hydrogen-bond acceptors (Lipinski definition) is 4. The van der Waals surface area contributed by atoms with Crippen LogP contribution in [0.4, 0.5) is 0 Å². The Balaban J connectivity index is 2.55. The van der Waals surface area contributed by atoms with E-state index in [4.69, 9.17) is 0 Å². The molecule has 0 aliphatic carbocycles. The van der Waals surface area contributed by atoms with Crippen LogP contribution in [0.15, 0.2) is 24.3 Å². The Kier molecular flexibility index (Phi) is 5.51. The normalized spacial score (nSPS) is 11.8. The van der Waals surface area contributed by atoms with Crippen molar-refractivity contribution in [2.75, 3.05) is 21.2 Å². The summed E-state index contributed by atoms with van der Waals surface area (Å²) in [5.74, 6) is -0.318. The Bertz CT molecular complexity index is 441. The van der Waals surface area contributed by atoms with Crippen LogP contribution in [0, 0.1) is 0 Å². The first-order chi connectivity index (χ1) is 8.95. The number of hydrogen-bond donors (Lipinski definition) is 1. The van der Waals surface area contributed by atoms with Gasteiger partial charge in [0.25, 0.3) is 0 Å². The van der Waals surface area contributed by atoms with Crippen molar-refractivity contribution in [1.82, 2.24) is 10.2 Å². The minimum Gasteiger partial charge on any atom is -0.465 e. The van der Waals surface area contributed by atoms with E-state index in [1.165, 1.54) is 7.11 Å². The molecule has 0 bridgehead atoms. The van der Waals surface area contributed by atoms with Gasteiger partial charge in [-0.2, -0.15) is 0 Å². The lowest BCUT2D eigenvalue weighted by Gasteiger charge is -2.18. The largest absolute Gasteiger partial charge is 0.465 e. The number of esters is 1. The lowest BCUT2D eigenvalue weighted by atomic mass is 10.1. The van der Waals surface area contributed by atoms with Crippen molar-refractivity contribution < 1.29 is 14.3 Å². The lowest BCUT2D eigenvalue weighted by molar-refractivity contribution is -0.130. The second kappa shape index (κ2) is 6.89. The third kappa shape index (κ3) is 4.37. The molecular weight excluding hydrogens is 244 g/mol. The van der Waals surface area contributed by atoms with Crippen molar-refractivity contribution >= 4 is 11.9 Å². The Morgan fingerprint density at radius 2 is 1.84 bits per heavy atom.